The minimum absolute atomic E-state index is 0.117. The molecule has 0 atom stereocenters. The smallest absolute Gasteiger partial charge is 0.194 e. The van der Waals surface area contributed by atoms with E-state index in [0.29, 0.717) is 17.9 Å². The van der Waals surface area contributed by atoms with Crippen LogP contribution in [0.15, 0.2) is 57.7 Å². The van der Waals surface area contributed by atoms with Crippen LogP contribution < -0.4 is 10.2 Å². The third-order valence-electron chi connectivity index (χ3n) is 4.67. The molecule has 1 N–H and O–H groups in total. The maximum absolute atomic E-state index is 12.4. The van der Waals surface area contributed by atoms with Crippen molar-refractivity contribution in [2.45, 2.75) is 18.2 Å². The van der Waals surface area contributed by atoms with Gasteiger partial charge < -0.3 is 15.1 Å². The van der Waals surface area contributed by atoms with E-state index in [1.165, 1.54) is 5.00 Å². The first-order chi connectivity index (χ1) is 13.6. The molecule has 1 fully saturated rings. The molecule has 1 aromatic heterocycles. The Kier molecular flexibility index (Phi) is 7.33. The van der Waals surface area contributed by atoms with E-state index in [-0.39, 0.29) is 5.75 Å². The van der Waals surface area contributed by atoms with Crippen LogP contribution in [0.2, 0.25) is 0 Å². The minimum Gasteiger partial charge on any atom is -0.360 e. The highest BCUT2D eigenvalue weighted by Crippen LogP contribution is 2.22. The first-order valence-electron chi connectivity index (χ1n) is 9.69. The Morgan fingerprint density at radius 1 is 1.11 bits per heavy atom. The predicted molar refractivity (Wildman–Crippen MR) is 117 cm³/mol. The molecule has 1 saturated heterocycles. The van der Waals surface area contributed by atoms with Crippen LogP contribution >= 0.6 is 11.3 Å². The van der Waals surface area contributed by atoms with Gasteiger partial charge >= 0.3 is 0 Å². The van der Waals surface area contributed by atoms with E-state index < -0.39 is 9.84 Å². The Hall–Kier alpha value is -2.06. The number of anilines is 1. The largest absolute Gasteiger partial charge is 0.360 e. The average molecular weight is 421 g/mol. The third-order valence-corrected chi connectivity index (χ3v) is 7.41. The van der Waals surface area contributed by atoms with Crippen molar-refractivity contribution >= 4 is 32.1 Å². The van der Waals surface area contributed by atoms with Crippen LogP contribution in [0.1, 0.15) is 13.3 Å². The molecule has 0 aliphatic carbocycles. The molecule has 0 unspecified atom stereocenters. The number of aliphatic imine (C=N–C) groups is 1. The lowest BCUT2D eigenvalue weighted by Gasteiger charge is -2.37. The van der Waals surface area contributed by atoms with Crippen LogP contribution in [0.5, 0.6) is 0 Å². The maximum Gasteiger partial charge on any atom is 0.194 e. The number of nitrogens with one attached hydrogen (secondary N) is 1. The van der Waals surface area contributed by atoms with Gasteiger partial charge in [-0.15, -0.1) is 11.3 Å². The Bertz CT molecular complexity index is 844. The summed E-state index contributed by atoms with van der Waals surface area (Å²) >= 11 is 1.77. The molecular formula is C20H28N4O2S2. The van der Waals surface area contributed by atoms with Crippen molar-refractivity contribution in [2.75, 3.05) is 49.9 Å². The Balaban J connectivity index is 1.52. The standard InChI is InChI=1S/C20H28N4O2S2/c1-2-21-20(24-14-12-23(13-15-24)19-10-6-16-27-19)22-11-7-17-28(25,26)18-8-4-3-5-9-18/h3-6,8-10,16H,2,7,11-15,17H2,1H3,(H,21,22). The zero-order valence-corrected chi connectivity index (χ0v) is 17.9. The summed E-state index contributed by atoms with van der Waals surface area (Å²) in [5.41, 5.74) is 0. The van der Waals surface area contributed by atoms with Crippen LogP contribution in [0.3, 0.4) is 0 Å². The van der Waals surface area contributed by atoms with E-state index in [9.17, 15) is 8.42 Å². The molecule has 0 spiro atoms. The van der Waals surface area contributed by atoms with Gasteiger partial charge in [0, 0.05) is 39.3 Å². The minimum atomic E-state index is -3.24. The quantitative estimate of drug-likeness (QED) is 0.424. The molecule has 1 aliphatic heterocycles. The molecule has 1 aromatic carbocycles. The Labute approximate surface area is 171 Å². The fraction of sp³-hybridized carbons (Fsp3) is 0.450. The van der Waals surface area contributed by atoms with Crippen LogP contribution in [-0.2, 0) is 9.84 Å². The van der Waals surface area contributed by atoms with Crippen molar-refractivity contribution < 1.29 is 8.42 Å². The van der Waals surface area contributed by atoms with Crippen molar-refractivity contribution in [3.63, 3.8) is 0 Å². The summed E-state index contributed by atoms with van der Waals surface area (Å²) in [5.74, 6) is 0.997. The van der Waals surface area contributed by atoms with Gasteiger partial charge in [0.15, 0.2) is 15.8 Å². The normalized spacial score (nSPS) is 15.7. The Morgan fingerprint density at radius 2 is 1.86 bits per heavy atom. The second-order valence-corrected chi connectivity index (χ2v) is 9.68. The summed E-state index contributed by atoms with van der Waals surface area (Å²) in [5, 5.41) is 6.76. The number of nitrogens with zero attached hydrogens (tertiary/aromatic N) is 3. The number of hydrogen-bond donors (Lipinski definition) is 1. The predicted octanol–water partition coefficient (Wildman–Crippen LogP) is 2.70. The second kappa shape index (κ2) is 9.93. The van der Waals surface area contributed by atoms with E-state index in [0.717, 1.165) is 38.7 Å². The van der Waals surface area contributed by atoms with Crippen molar-refractivity contribution in [2.24, 2.45) is 4.99 Å². The van der Waals surface area contributed by atoms with Crippen molar-refractivity contribution in [1.29, 1.82) is 0 Å². The number of hydrogen-bond acceptors (Lipinski definition) is 5. The number of guanidine groups is 1. The molecule has 8 heteroatoms. The van der Waals surface area contributed by atoms with Gasteiger partial charge in [0.25, 0.3) is 0 Å². The number of sulfone groups is 1. The van der Waals surface area contributed by atoms with E-state index in [1.54, 1.807) is 35.6 Å². The first kappa shape index (κ1) is 20.7. The SMILES string of the molecule is CCNC(=NCCCS(=O)(=O)c1ccccc1)N1CCN(c2cccs2)CC1. The highest BCUT2D eigenvalue weighted by molar-refractivity contribution is 7.91. The van der Waals surface area contributed by atoms with Crippen molar-refractivity contribution in [3.8, 4) is 0 Å². The molecule has 6 nitrogen and oxygen atoms in total. The number of rotatable bonds is 7. The van der Waals surface area contributed by atoms with Crippen LogP contribution in [-0.4, -0.2) is 64.3 Å². The van der Waals surface area contributed by atoms with E-state index in [2.05, 4.69) is 44.5 Å². The van der Waals surface area contributed by atoms with Crippen molar-refractivity contribution in [3.05, 3.63) is 47.8 Å². The zero-order valence-electron chi connectivity index (χ0n) is 16.3. The van der Waals surface area contributed by atoms with Gasteiger partial charge in [-0.25, -0.2) is 8.42 Å². The van der Waals surface area contributed by atoms with Crippen molar-refractivity contribution in [1.82, 2.24) is 10.2 Å². The Morgan fingerprint density at radius 3 is 2.50 bits per heavy atom. The molecule has 0 radical (unpaired) electrons. The second-order valence-electron chi connectivity index (χ2n) is 6.65. The van der Waals surface area contributed by atoms with Gasteiger partial charge in [-0.2, -0.15) is 0 Å². The van der Waals surface area contributed by atoms with Crippen LogP contribution in [0.4, 0.5) is 5.00 Å². The maximum atomic E-state index is 12.4. The topological polar surface area (TPSA) is 65.0 Å². The van der Waals surface area contributed by atoms with Gasteiger partial charge in [0.05, 0.1) is 15.6 Å². The lowest BCUT2D eigenvalue weighted by Crippen LogP contribution is -2.52. The highest BCUT2D eigenvalue weighted by atomic mass is 32.2. The first-order valence-corrected chi connectivity index (χ1v) is 12.2. The summed E-state index contributed by atoms with van der Waals surface area (Å²) in [7, 11) is -3.24. The monoisotopic (exact) mass is 420 g/mol. The van der Waals surface area contributed by atoms with Gasteiger partial charge in [0.1, 0.15) is 0 Å². The summed E-state index contributed by atoms with van der Waals surface area (Å²) < 4.78 is 24.7. The molecule has 0 saturated carbocycles. The van der Waals surface area contributed by atoms with Crippen LogP contribution in [0.25, 0.3) is 0 Å². The molecule has 28 heavy (non-hydrogen) atoms. The molecule has 0 amide bonds. The van der Waals surface area contributed by atoms with Gasteiger partial charge in [-0.3, -0.25) is 4.99 Å². The van der Waals surface area contributed by atoms with Gasteiger partial charge in [0.2, 0.25) is 0 Å². The molecule has 1 aliphatic rings. The molecule has 2 heterocycles. The number of benzene rings is 1. The number of thiophene rings is 1. The van der Waals surface area contributed by atoms with Crippen LogP contribution in [0, 0.1) is 0 Å². The zero-order chi connectivity index (χ0) is 19.8. The molecule has 152 valence electrons. The summed E-state index contributed by atoms with van der Waals surface area (Å²) in [6.07, 6.45) is 0.515. The lowest BCUT2D eigenvalue weighted by molar-refractivity contribution is 0.373. The summed E-state index contributed by atoms with van der Waals surface area (Å²) in [6, 6.07) is 12.9. The molecule has 0 bridgehead atoms. The lowest BCUT2D eigenvalue weighted by atomic mass is 10.3. The molecule has 2 aromatic rings. The number of piperazine rings is 1. The van der Waals surface area contributed by atoms with E-state index in [1.807, 2.05) is 6.07 Å². The fourth-order valence-electron chi connectivity index (χ4n) is 3.20. The fourth-order valence-corrected chi connectivity index (χ4v) is 5.30. The summed E-state index contributed by atoms with van der Waals surface area (Å²) in [4.78, 5) is 9.72. The molecule has 3 rings (SSSR count). The molecular weight excluding hydrogens is 392 g/mol. The highest BCUT2D eigenvalue weighted by Gasteiger charge is 2.20. The summed E-state index contributed by atoms with van der Waals surface area (Å²) in [6.45, 7) is 7.10. The average Bonchev–Trinajstić information content (AvgIpc) is 3.26. The van der Waals surface area contributed by atoms with Gasteiger partial charge in [-0.1, -0.05) is 18.2 Å². The van der Waals surface area contributed by atoms with E-state index >= 15 is 0 Å². The van der Waals surface area contributed by atoms with E-state index in [4.69, 9.17) is 0 Å². The van der Waals surface area contributed by atoms with Gasteiger partial charge in [-0.05, 0) is 43.0 Å². The third kappa shape index (κ3) is 5.48.